The molecule has 4 aromatic rings. The zero-order valence-corrected chi connectivity index (χ0v) is 14.6. The van der Waals surface area contributed by atoms with Gasteiger partial charge in [-0.2, -0.15) is 5.10 Å². The molecule has 0 fully saturated rings. The largest absolute Gasteiger partial charge is 0.369 e. The van der Waals surface area contributed by atoms with E-state index in [0.29, 0.717) is 21.5 Å². The van der Waals surface area contributed by atoms with Gasteiger partial charge in [0.25, 0.3) is 0 Å². The molecule has 3 heterocycles. The van der Waals surface area contributed by atoms with Crippen LogP contribution in [0, 0.1) is 6.92 Å². The van der Waals surface area contributed by atoms with Crippen LogP contribution in [-0.4, -0.2) is 41.0 Å². The van der Waals surface area contributed by atoms with E-state index < -0.39 is 5.91 Å². The fourth-order valence-electron chi connectivity index (χ4n) is 2.44. The lowest BCUT2D eigenvalue weighted by Crippen LogP contribution is -2.13. The first-order chi connectivity index (χ1) is 12.0. The summed E-state index contributed by atoms with van der Waals surface area (Å²) in [6.45, 7) is 1.94. The zero-order valence-electron chi connectivity index (χ0n) is 13.0. The van der Waals surface area contributed by atoms with Crippen LogP contribution in [0.5, 0.6) is 0 Å². The number of carbonyl (C=O) groups excluding carboxylic acids is 1. The van der Waals surface area contributed by atoms with E-state index in [1.807, 2.05) is 25.1 Å². The van der Waals surface area contributed by atoms with Crippen molar-refractivity contribution in [3.05, 3.63) is 41.3 Å². The predicted octanol–water partition coefficient (Wildman–Crippen LogP) is 2.00. The molecule has 126 valence electrons. The Morgan fingerprint density at radius 2 is 2.16 bits per heavy atom. The number of carbonyl (C=O) groups is 1. The van der Waals surface area contributed by atoms with Crippen molar-refractivity contribution >= 4 is 46.0 Å². The molecule has 0 aliphatic rings. The van der Waals surface area contributed by atoms with Crippen LogP contribution in [0.3, 0.4) is 0 Å². The molecule has 0 aliphatic carbocycles. The average Bonchev–Trinajstić information content (AvgIpc) is 3.18. The zero-order chi connectivity index (χ0) is 17.6. The first kappa shape index (κ1) is 15.9. The van der Waals surface area contributed by atoms with Crippen LogP contribution >= 0.6 is 23.4 Å². The second-order valence-electron chi connectivity index (χ2n) is 5.40. The molecule has 0 spiro atoms. The number of halogens is 1. The van der Waals surface area contributed by atoms with Gasteiger partial charge in [-0.3, -0.25) is 9.20 Å². The van der Waals surface area contributed by atoms with E-state index in [1.54, 1.807) is 21.6 Å². The summed E-state index contributed by atoms with van der Waals surface area (Å²) in [5.74, 6) is -0.292. The number of hydrogen-bond donors (Lipinski definition) is 1. The van der Waals surface area contributed by atoms with Gasteiger partial charge in [-0.15, -0.1) is 10.2 Å². The maximum Gasteiger partial charge on any atom is 0.227 e. The maximum atomic E-state index is 11.0. The lowest BCUT2D eigenvalue weighted by Gasteiger charge is -2.05. The number of amides is 1. The summed E-state index contributed by atoms with van der Waals surface area (Å²) < 4.78 is 3.41. The SMILES string of the molecule is Cc1ccc(-n2ncc3c2ncn2c(SCC(N)=O)nnc32)cc1Cl. The van der Waals surface area contributed by atoms with Crippen molar-refractivity contribution in [1.29, 1.82) is 0 Å². The molecule has 4 rings (SSSR count). The van der Waals surface area contributed by atoms with E-state index in [0.717, 1.165) is 16.6 Å². The minimum Gasteiger partial charge on any atom is -0.369 e. The van der Waals surface area contributed by atoms with Crippen LogP contribution in [0.4, 0.5) is 0 Å². The molecule has 0 atom stereocenters. The van der Waals surface area contributed by atoms with Gasteiger partial charge in [0, 0.05) is 5.02 Å². The van der Waals surface area contributed by atoms with Crippen molar-refractivity contribution in [2.24, 2.45) is 5.73 Å². The van der Waals surface area contributed by atoms with Gasteiger partial charge in [0.2, 0.25) is 5.91 Å². The Kier molecular flexibility index (Phi) is 3.81. The number of aryl methyl sites for hydroxylation is 1. The molecule has 0 bridgehead atoms. The van der Waals surface area contributed by atoms with E-state index in [9.17, 15) is 4.79 Å². The molecule has 1 amide bonds. The third-order valence-electron chi connectivity index (χ3n) is 3.69. The molecule has 25 heavy (non-hydrogen) atoms. The van der Waals surface area contributed by atoms with Crippen LogP contribution in [-0.2, 0) is 4.79 Å². The number of hydrogen-bond acceptors (Lipinski definition) is 6. The predicted molar refractivity (Wildman–Crippen MR) is 95.1 cm³/mol. The van der Waals surface area contributed by atoms with Crippen molar-refractivity contribution < 1.29 is 4.79 Å². The number of thioether (sulfide) groups is 1. The minimum atomic E-state index is -0.417. The third-order valence-corrected chi connectivity index (χ3v) is 5.06. The Morgan fingerprint density at radius 1 is 1.32 bits per heavy atom. The molecule has 2 N–H and O–H groups in total. The van der Waals surface area contributed by atoms with Crippen molar-refractivity contribution in [2.75, 3.05) is 5.75 Å². The summed E-state index contributed by atoms with van der Waals surface area (Å²) in [6, 6.07) is 5.70. The van der Waals surface area contributed by atoms with E-state index in [-0.39, 0.29) is 5.75 Å². The minimum absolute atomic E-state index is 0.125. The lowest BCUT2D eigenvalue weighted by molar-refractivity contribution is -0.115. The summed E-state index contributed by atoms with van der Waals surface area (Å²) >= 11 is 7.42. The van der Waals surface area contributed by atoms with E-state index in [1.165, 1.54) is 11.8 Å². The van der Waals surface area contributed by atoms with Crippen LogP contribution in [0.25, 0.3) is 22.4 Å². The molecular weight excluding hydrogens is 362 g/mol. The first-order valence-corrected chi connectivity index (χ1v) is 8.66. The molecule has 0 saturated heterocycles. The van der Waals surface area contributed by atoms with Crippen molar-refractivity contribution in [3.63, 3.8) is 0 Å². The van der Waals surface area contributed by atoms with Crippen LogP contribution in [0.15, 0.2) is 35.9 Å². The monoisotopic (exact) mass is 373 g/mol. The quantitative estimate of drug-likeness (QED) is 0.549. The number of rotatable bonds is 4. The van der Waals surface area contributed by atoms with Gasteiger partial charge in [-0.25, -0.2) is 9.67 Å². The molecule has 0 unspecified atom stereocenters. The summed E-state index contributed by atoms with van der Waals surface area (Å²) in [4.78, 5) is 15.4. The number of primary amides is 1. The third kappa shape index (κ3) is 2.71. The highest BCUT2D eigenvalue weighted by atomic mass is 35.5. The highest BCUT2D eigenvalue weighted by Crippen LogP contribution is 2.25. The topological polar surface area (TPSA) is 104 Å². The van der Waals surface area contributed by atoms with Crippen molar-refractivity contribution in [1.82, 2.24) is 29.4 Å². The molecule has 0 aliphatic heterocycles. The highest BCUT2D eigenvalue weighted by molar-refractivity contribution is 7.99. The summed E-state index contributed by atoms with van der Waals surface area (Å²) in [5.41, 5.74) is 8.24. The van der Waals surface area contributed by atoms with Crippen LogP contribution < -0.4 is 5.73 Å². The summed E-state index contributed by atoms with van der Waals surface area (Å²) in [6.07, 6.45) is 3.29. The summed E-state index contributed by atoms with van der Waals surface area (Å²) in [7, 11) is 0. The average molecular weight is 374 g/mol. The van der Waals surface area contributed by atoms with Crippen LogP contribution in [0.1, 0.15) is 5.56 Å². The molecule has 10 heteroatoms. The Bertz CT molecular complexity index is 1120. The Labute approximate surface area is 151 Å². The smallest absolute Gasteiger partial charge is 0.227 e. The molecule has 3 aromatic heterocycles. The molecular formula is C15H12ClN7OS. The number of nitrogens with two attached hydrogens (primary N) is 1. The maximum absolute atomic E-state index is 11.0. The highest BCUT2D eigenvalue weighted by Gasteiger charge is 2.15. The van der Waals surface area contributed by atoms with Gasteiger partial charge in [0.15, 0.2) is 16.5 Å². The Morgan fingerprint density at radius 3 is 2.92 bits per heavy atom. The van der Waals surface area contributed by atoms with E-state index >= 15 is 0 Å². The number of benzene rings is 1. The Hall–Kier alpha value is -2.65. The van der Waals surface area contributed by atoms with Gasteiger partial charge in [-0.05, 0) is 24.6 Å². The number of aromatic nitrogens is 6. The van der Waals surface area contributed by atoms with Crippen LogP contribution in [0.2, 0.25) is 5.02 Å². The summed E-state index contributed by atoms with van der Waals surface area (Å²) in [5, 5.41) is 14.6. The van der Waals surface area contributed by atoms with Gasteiger partial charge < -0.3 is 5.73 Å². The van der Waals surface area contributed by atoms with E-state index in [4.69, 9.17) is 17.3 Å². The molecule has 8 nitrogen and oxygen atoms in total. The number of fused-ring (bicyclic) bond motifs is 3. The lowest BCUT2D eigenvalue weighted by atomic mass is 10.2. The fourth-order valence-corrected chi connectivity index (χ4v) is 3.26. The normalized spacial score (nSPS) is 11.4. The number of nitrogens with zero attached hydrogens (tertiary/aromatic N) is 6. The second kappa shape index (κ2) is 6.01. The van der Waals surface area contributed by atoms with Gasteiger partial charge >= 0.3 is 0 Å². The first-order valence-electron chi connectivity index (χ1n) is 7.29. The Balaban J connectivity index is 1.83. The second-order valence-corrected chi connectivity index (χ2v) is 6.75. The fraction of sp³-hybridized carbons (Fsp3) is 0.133. The van der Waals surface area contributed by atoms with E-state index in [2.05, 4.69) is 20.3 Å². The standard InChI is InChI=1S/C15H12ClN7OS/c1-8-2-3-9(4-11(8)16)23-13-10(5-19-23)14-20-21-15(22(14)7-18-13)25-6-12(17)24/h2-5,7H,6H2,1H3,(H2,17,24). The van der Waals surface area contributed by atoms with Crippen molar-refractivity contribution in [3.8, 4) is 5.69 Å². The molecule has 1 aromatic carbocycles. The molecule has 0 radical (unpaired) electrons. The molecule has 0 saturated carbocycles. The van der Waals surface area contributed by atoms with Gasteiger partial charge in [0.05, 0.1) is 23.0 Å². The van der Waals surface area contributed by atoms with Gasteiger partial charge in [-0.1, -0.05) is 29.4 Å². The van der Waals surface area contributed by atoms with Gasteiger partial charge in [0.1, 0.15) is 6.33 Å². The van der Waals surface area contributed by atoms with Crippen molar-refractivity contribution in [2.45, 2.75) is 12.1 Å².